The summed E-state index contributed by atoms with van der Waals surface area (Å²) in [6.45, 7) is 0. The molecule has 100 valence electrons. The van der Waals surface area contributed by atoms with E-state index in [1.54, 1.807) is 6.21 Å². The monoisotopic (exact) mass is 302 g/mol. The van der Waals surface area contributed by atoms with E-state index >= 15 is 0 Å². The minimum atomic E-state index is -0.0198. The topological polar surface area (TPSA) is 95.4 Å². The van der Waals surface area contributed by atoms with Crippen molar-refractivity contribution in [3.05, 3.63) is 40.2 Å². The zero-order chi connectivity index (χ0) is 14.1. The van der Waals surface area contributed by atoms with Gasteiger partial charge in [0.2, 0.25) is 5.13 Å². The van der Waals surface area contributed by atoms with Gasteiger partial charge in [0, 0.05) is 10.1 Å². The van der Waals surface area contributed by atoms with Crippen LogP contribution < -0.4 is 5.73 Å². The molecule has 0 atom stereocenters. The number of aromatic hydroxyl groups is 1. The van der Waals surface area contributed by atoms with Gasteiger partial charge < -0.3 is 10.8 Å². The number of amidine groups is 1. The van der Waals surface area contributed by atoms with Crippen LogP contribution in [-0.4, -0.2) is 22.1 Å². The Morgan fingerprint density at radius 2 is 2.15 bits per heavy atom. The molecule has 0 amide bonds. The van der Waals surface area contributed by atoms with E-state index in [0.29, 0.717) is 14.9 Å². The summed E-state index contributed by atoms with van der Waals surface area (Å²) in [6.07, 6.45) is 3.10. The number of rotatable bonds is 3. The molecule has 0 aliphatic rings. The normalized spacial score (nSPS) is 11.4. The lowest BCUT2D eigenvalue weighted by atomic mass is 10.2. The zero-order valence-corrected chi connectivity index (χ0v) is 11.8. The number of fused-ring (bicyclic) bond motifs is 1. The summed E-state index contributed by atoms with van der Waals surface area (Å²) in [7, 11) is 0. The molecule has 0 spiro atoms. The van der Waals surface area contributed by atoms with E-state index < -0.39 is 0 Å². The Balaban J connectivity index is 1.93. The first kappa shape index (κ1) is 12.8. The van der Waals surface area contributed by atoms with E-state index in [-0.39, 0.29) is 11.6 Å². The molecule has 2 heterocycles. The number of thiophene rings is 1. The van der Waals surface area contributed by atoms with E-state index in [2.05, 4.69) is 9.98 Å². The number of benzene rings is 1. The summed E-state index contributed by atoms with van der Waals surface area (Å²) in [5, 5.41) is 18.7. The molecular formula is C13H10N4OS2. The average molecular weight is 302 g/mol. The number of nitrogens with one attached hydrogen (secondary N) is 1. The van der Waals surface area contributed by atoms with Gasteiger partial charge in [0.25, 0.3) is 0 Å². The van der Waals surface area contributed by atoms with Crippen molar-refractivity contribution in [2.45, 2.75) is 0 Å². The largest absolute Gasteiger partial charge is 0.506 e. The van der Waals surface area contributed by atoms with E-state index in [9.17, 15) is 5.11 Å². The molecule has 1 aromatic carbocycles. The van der Waals surface area contributed by atoms with E-state index in [1.807, 2.05) is 24.3 Å². The van der Waals surface area contributed by atoms with Crippen molar-refractivity contribution in [1.82, 2.24) is 4.98 Å². The second-order valence-electron chi connectivity index (χ2n) is 3.99. The van der Waals surface area contributed by atoms with Crippen LogP contribution in [-0.2, 0) is 0 Å². The zero-order valence-electron chi connectivity index (χ0n) is 10.2. The first-order valence-corrected chi connectivity index (χ1v) is 7.33. The Morgan fingerprint density at radius 1 is 1.35 bits per heavy atom. The molecule has 3 rings (SSSR count). The van der Waals surface area contributed by atoms with Gasteiger partial charge in [-0.1, -0.05) is 23.5 Å². The van der Waals surface area contributed by atoms with Gasteiger partial charge in [0.15, 0.2) is 0 Å². The number of thiazole rings is 1. The second kappa shape index (κ2) is 5.03. The van der Waals surface area contributed by atoms with Crippen LogP contribution in [0.5, 0.6) is 5.75 Å². The molecule has 20 heavy (non-hydrogen) atoms. The van der Waals surface area contributed by atoms with Gasteiger partial charge in [-0.05, 0) is 12.1 Å². The Kier molecular flexibility index (Phi) is 3.21. The van der Waals surface area contributed by atoms with Crippen LogP contribution in [0.25, 0.3) is 10.1 Å². The van der Waals surface area contributed by atoms with Gasteiger partial charge in [0.05, 0.1) is 22.2 Å². The molecule has 0 aliphatic heterocycles. The summed E-state index contributed by atoms with van der Waals surface area (Å²) in [5.74, 6) is 0.214. The molecule has 3 aromatic rings. The lowest BCUT2D eigenvalue weighted by molar-refractivity contribution is 0.483. The standard InChI is InChI=1S/C13H10N4OS2/c14-12(15)10-6-17-13(20-10)16-5-9-11(18)7-3-1-2-4-8(7)19-9/h1-6,18H,(H3,14,15)/b16-5+. The number of hydrogen-bond acceptors (Lipinski definition) is 6. The number of nitrogen functional groups attached to an aromatic ring is 1. The maximum absolute atomic E-state index is 10.1. The molecule has 2 aromatic heterocycles. The number of aromatic nitrogens is 1. The Bertz CT molecular complexity index is 819. The molecule has 0 bridgehead atoms. The number of hydrogen-bond donors (Lipinski definition) is 3. The Hall–Kier alpha value is -2.25. The Morgan fingerprint density at radius 3 is 2.85 bits per heavy atom. The highest BCUT2D eigenvalue weighted by Gasteiger charge is 2.09. The van der Waals surface area contributed by atoms with Crippen LogP contribution in [0.4, 0.5) is 5.13 Å². The molecule has 0 saturated carbocycles. The molecule has 0 saturated heterocycles. The summed E-state index contributed by atoms with van der Waals surface area (Å²) < 4.78 is 1.01. The third kappa shape index (κ3) is 2.28. The number of nitrogens with zero attached hydrogens (tertiary/aromatic N) is 2. The second-order valence-corrected chi connectivity index (χ2v) is 6.08. The average Bonchev–Trinajstić information content (AvgIpc) is 3.03. The molecular weight excluding hydrogens is 292 g/mol. The smallest absolute Gasteiger partial charge is 0.209 e. The van der Waals surface area contributed by atoms with Gasteiger partial charge in [-0.3, -0.25) is 5.41 Å². The van der Waals surface area contributed by atoms with Gasteiger partial charge >= 0.3 is 0 Å². The van der Waals surface area contributed by atoms with Crippen LogP contribution in [0.15, 0.2) is 35.5 Å². The molecule has 0 fully saturated rings. The first-order chi connectivity index (χ1) is 9.65. The van der Waals surface area contributed by atoms with Gasteiger partial charge in [-0.2, -0.15) is 0 Å². The van der Waals surface area contributed by atoms with E-state index in [0.717, 1.165) is 10.1 Å². The molecule has 4 N–H and O–H groups in total. The van der Waals surface area contributed by atoms with Crippen molar-refractivity contribution in [1.29, 1.82) is 5.41 Å². The molecule has 0 radical (unpaired) electrons. The van der Waals surface area contributed by atoms with Crippen LogP contribution in [0.2, 0.25) is 0 Å². The van der Waals surface area contributed by atoms with Gasteiger partial charge in [-0.15, -0.1) is 11.3 Å². The predicted octanol–water partition coefficient (Wildman–Crippen LogP) is 3.10. The van der Waals surface area contributed by atoms with Crippen molar-refractivity contribution in [3.8, 4) is 5.75 Å². The van der Waals surface area contributed by atoms with Crippen LogP contribution >= 0.6 is 22.7 Å². The third-order valence-corrected chi connectivity index (χ3v) is 4.68. The fraction of sp³-hybridized carbons (Fsp3) is 0. The SMILES string of the molecule is N=C(N)c1cnc(/N=C/c2sc3ccccc3c2O)s1. The quantitative estimate of drug-likeness (QED) is 0.512. The molecule has 5 nitrogen and oxygen atoms in total. The van der Waals surface area contributed by atoms with Crippen LogP contribution in [0.1, 0.15) is 9.75 Å². The van der Waals surface area contributed by atoms with Crippen LogP contribution in [0, 0.1) is 5.41 Å². The first-order valence-electron chi connectivity index (χ1n) is 5.70. The summed E-state index contributed by atoms with van der Waals surface area (Å²) in [4.78, 5) is 9.54. The van der Waals surface area contributed by atoms with Gasteiger partial charge in [0.1, 0.15) is 11.6 Å². The maximum Gasteiger partial charge on any atom is 0.209 e. The van der Waals surface area contributed by atoms with E-state index in [1.165, 1.54) is 28.9 Å². The maximum atomic E-state index is 10.1. The van der Waals surface area contributed by atoms with Crippen molar-refractivity contribution < 1.29 is 5.11 Å². The lowest BCUT2D eigenvalue weighted by Crippen LogP contribution is -2.08. The summed E-state index contributed by atoms with van der Waals surface area (Å²) in [6, 6.07) is 7.64. The number of nitrogens with two attached hydrogens (primary N) is 1. The minimum absolute atomic E-state index is 0.0198. The van der Waals surface area contributed by atoms with Gasteiger partial charge in [-0.25, -0.2) is 9.98 Å². The predicted molar refractivity (Wildman–Crippen MR) is 83.9 cm³/mol. The molecule has 0 aliphatic carbocycles. The molecule has 7 heteroatoms. The van der Waals surface area contributed by atoms with Crippen molar-refractivity contribution in [3.63, 3.8) is 0 Å². The fourth-order valence-electron chi connectivity index (χ4n) is 1.70. The number of aliphatic imine (C=N–C) groups is 1. The summed E-state index contributed by atoms with van der Waals surface area (Å²) >= 11 is 2.70. The highest BCUT2D eigenvalue weighted by atomic mass is 32.1. The Labute approximate surface area is 122 Å². The highest BCUT2D eigenvalue weighted by Crippen LogP contribution is 2.35. The lowest BCUT2D eigenvalue weighted by Gasteiger charge is -1.89. The van der Waals surface area contributed by atoms with Crippen LogP contribution in [0.3, 0.4) is 0 Å². The molecule has 0 unspecified atom stereocenters. The minimum Gasteiger partial charge on any atom is -0.506 e. The van der Waals surface area contributed by atoms with E-state index in [4.69, 9.17) is 11.1 Å². The summed E-state index contributed by atoms with van der Waals surface area (Å²) in [5.41, 5.74) is 5.37. The van der Waals surface area contributed by atoms with Crippen molar-refractivity contribution >= 4 is 49.9 Å². The van der Waals surface area contributed by atoms with Crippen molar-refractivity contribution in [2.75, 3.05) is 0 Å². The third-order valence-electron chi connectivity index (χ3n) is 2.65. The van der Waals surface area contributed by atoms with Crippen molar-refractivity contribution in [2.24, 2.45) is 10.7 Å². The highest BCUT2D eigenvalue weighted by molar-refractivity contribution is 7.21. The fourth-order valence-corrected chi connectivity index (χ4v) is 3.29.